The predicted octanol–water partition coefficient (Wildman–Crippen LogP) is 5.02. The van der Waals surface area contributed by atoms with Crippen LogP contribution >= 0.6 is 0 Å². The van der Waals surface area contributed by atoms with E-state index in [-0.39, 0.29) is 24.1 Å². The highest BCUT2D eigenvalue weighted by Crippen LogP contribution is 2.29. The molecule has 4 amide bonds. The second-order valence-electron chi connectivity index (χ2n) is 11.3. The van der Waals surface area contributed by atoms with Crippen LogP contribution in [0, 0.1) is 18.3 Å². The first-order valence-corrected chi connectivity index (χ1v) is 13.5. The SMILES string of the molecule is Cc1ccc(C(=O)N2CCC(c3ccc(C#N)cc3)CC2)cc1NC(=O)N[C@H]1CCN(C(=O)OC(C)(C)C)C1. The molecule has 1 atom stereocenters. The number of nitrogens with one attached hydrogen (secondary N) is 2. The largest absolute Gasteiger partial charge is 0.444 e. The molecule has 0 aliphatic carbocycles. The summed E-state index contributed by atoms with van der Waals surface area (Å²) in [6.07, 6.45) is 1.98. The van der Waals surface area contributed by atoms with Crippen molar-refractivity contribution in [2.45, 2.75) is 64.5 Å². The third-order valence-corrected chi connectivity index (χ3v) is 7.20. The van der Waals surface area contributed by atoms with E-state index < -0.39 is 5.60 Å². The van der Waals surface area contributed by atoms with Gasteiger partial charge in [-0.2, -0.15) is 5.26 Å². The monoisotopic (exact) mass is 531 g/mol. The molecule has 0 bridgehead atoms. The minimum absolute atomic E-state index is 0.0551. The number of likely N-dealkylation sites (tertiary alicyclic amines) is 2. The molecule has 4 rings (SSSR count). The number of aryl methyl sites for hydroxylation is 1. The quantitative estimate of drug-likeness (QED) is 0.575. The Morgan fingerprint density at radius 2 is 1.64 bits per heavy atom. The number of anilines is 1. The Kier molecular flexibility index (Phi) is 8.44. The van der Waals surface area contributed by atoms with Gasteiger partial charge in [0, 0.05) is 43.5 Å². The Hall–Kier alpha value is -4.06. The molecule has 2 aromatic carbocycles. The fourth-order valence-corrected chi connectivity index (χ4v) is 5.03. The van der Waals surface area contributed by atoms with Crippen LogP contribution in [0.4, 0.5) is 15.3 Å². The molecular formula is C30H37N5O4. The van der Waals surface area contributed by atoms with Gasteiger partial charge in [-0.1, -0.05) is 18.2 Å². The smallest absolute Gasteiger partial charge is 0.410 e. The first-order chi connectivity index (χ1) is 18.5. The summed E-state index contributed by atoms with van der Waals surface area (Å²) in [4.78, 5) is 41.8. The topological polar surface area (TPSA) is 115 Å². The third-order valence-electron chi connectivity index (χ3n) is 7.20. The van der Waals surface area contributed by atoms with Crippen LogP contribution in [0.3, 0.4) is 0 Å². The van der Waals surface area contributed by atoms with Crippen molar-refractivity contribution in [3.8, 4) is 6.07 Å². The molecule has 0 aromatic heterocycles. The zero-order valence-corrected chi connectivity index (χ0v) is 23.1. The molecule has 9 heteroatoms. The van der Waals surface area contributed by atoms with Gasteiger partial charge in [-0.25, -0.2) is 9.59 Å². The van der Waals surface area contributed by atoms with E-state index in [4.69, 9.17) is 10.00 Å². The molecule has 2 aliphatic rings. The first kappa shape index (κ1) is 28.0. The van der Waals surface area contributed by atoms with Gasteiger partial charge in [-0.15, -0.1) is 0 Å². The minimum atomic E-state index is -0.569. The number of carbonyl (C=O) groups is 3. The van der Waals surface area contributed by atoms with Gasteiger partial charge in [0.05, 0.1) is 11.6 Å². The summed E-state index contributed by atoms with van der Waals surface area (Å²) in [5.74, 6) is 0.308. The summed E-state index contributed by atoms with van der Waals surface area (Å²) in [6, 6.07) is 14.6. The average molecular weight is 532 g/mol. The van der Waals surface area contributed by atoms with Crippen LogP contribution in [0.5, 0.6) is 0 Å². The number of ether oxygens (including phenoxy) is 1. The number of urea groups is 1. The van der Waals surface area contributed by atoms with Crippen LogP contribution in [0.1, 0.15) is 73.0 Å². The lowest BCUT2D eigenvalue weighted by Crippen LogP contribution is -2.42. The number of amides is 4. The van der Waals surface area contributed by atoms with Crippen molar-refractivity contribution in [3.05, 3.63) is 64.7 Å². The van der Waals surface area contributed by atoms with Crippen LogP contribution in [-0.2, 0) is 4.74 Å². The summed E-state index contributed by atoms with van der Waals surface area (Å²) >= 11 is 0. The second kappa shape index (κ2) is 11.8. The normalized spacial score (nSPS) is 17.9. The average Bonchev–Trinajstić information content (AvgIpc) is 3.37. The van der Waals surface area contributed by atoms with Gasteiger partial charge in [0.25, 0.3) is 5.91 Å². The molecular weight excluding hydrogens is 494 g/mol. The number of nitriles is 1. The summed E-state index contributed by atoms with van der Waals surface area (Å²) in [5.41, 5.74) is 3.24. The standard InChI is InChI=1S/C30H37N5O4/c1-20-5-8-24(27(36)34-14-11-23(12-15-34)22-9-6-21(18-31)7-10-22)17-26(20)33-28(37)32-25-13-16-35(19-25)29(38)39-30(2,3)4/h5-10,17,23,25H,11-16,19H2,1-4H3,(H2,32,33,37)/t25-/m0/s1. The maximum Gasteiger partial charge on any atom is 0.410 e. The number of hydrogen-bond acceptors (Lipinski definition) is 5. The van der Waals surface area contributed by atoms with Crippen LogP contribution < -0.4 is 10.6 Å². The Morgan fingerprint density at radius 3 is 2.28 bits per heavy atom. The van der Waals surface area contributed by atoms with E-state index >= 15 is 0 Å². The van der Waals surface area contributed by atoms with Crippen molar-refractivity contribution in [2.24, 2.45) is 0 Å². The van der Waals surface area contributed by atoms with E-state index in [0.717, 1.165) is 18.4 Å². The molecule has 2 saturated heterocycles. The lowest BCUT2D eigenvalue weighted by atomic mass is 9.89. The van der Waals surface area contributed by atoms with Crippen LogP contribution in [0.25, 0.3) is 0 Å². The zero-order valence-electron chi connectivity index (χ0n) is 23.1. The highest BCUT2D eigenvalue weighted by atomic mass is 16.6. The Morgan fingerprint density at radius 1 is 0.974 bits per heavy atom. The van der Waals surface area contributed by atoms with Crippen molar-refractivity contribution in [2.75, 3.05) is 31.5 Å². The number of nitrogens with zero attached hydrogens (tertiary/aromatic N) is 3. The van der Waals surface area contributed by atoms with E-state index in [2.05, 4.69) is 16.7 Å². The number of rotatable bonds is 4. The molecule has 9 nitrogen and oxygen atoms in total. The second-order valence-corrected chi connectivity index (χ2v) is 11.3. The fraction of sp³-hybridized carbons (Fsp3) is 0.467. The molecule has 2 heterocycles. The summed E-state index contributed by atoms with van der Waals surface area (Å²) < 4.78 is 5.42. The number of carbonyl (C=O) groups excluding carboxylic acids is 3. The molecule has 0 unspecified atom stereocenters. The maximum absolute atomic E-state index is 13.3. The van der Waals surface area contributed by atoms with E-state index in [9.17, 15) is 14.4 Å². The molecule has 0 spiro atoms. The molecule has 2 aromatic rings. The van der Waals surface area contributed by atoms with E-state index in [1.807, 2.05) is 62.9 Å². The van der Waals surface area contributed by atoms with Gasteiger partial charge in [0.1, 0.15) is 5.60 Å². The van der Waals surface area contributed by atoms with Crippen LogP contribution in [-0.4, -0.2) is 65.7 Å². The Bertz CT molecular complexity index is 1250. The predicted molar refractivity (Wildman–Crippen MR) is 149 cm³/mol. The first-order valence-electron chi connectivity index (χ1n) is 13.5. The third kappa shape index (κ3) is 7.29. The Balaban J connectivity index is 1.30. The van der Waals surface area contributed by atoms with Gasteiger partial charge >= 0.3 is 12.1 Å². The van der Waals surface area contributed by atoms with Crippen molar-refractivity contribution < 1.29 is 19.1 Å². The summed E-state index contributed by atoms with van der Waals surface area (Å²) in [7, 11) is 0. The summed E-state index contributed by atoms with van der Waals surface area (Å²) in [6.45, 7) is 9.56. The number of benzene rings is 2. The molecule has 0 saturated carbocycles. The molecule has 2 fully saturated rings. The lowest BCUT2D eigenvalue weighted by molar-refractivity contribution is 0.0291. The molecule has 206 valence electrons. The number of hydrogen-bond donors (Lipinski definition) is 2. The molecule has 39 heavy (non-hydrogen) atoms. The molecule has 2 aliphatic heterocycles. The highest BCUT2D eigenvalue weighted by molar-refractivity contribution is 5.97. The van der Waals surface area contributed by atoms with E-state index in [0.29, 0.717) is 55.3 Å². The Labute approximate surface area is 230 Å². The lowest BCUT2D eigenvalue weighted by Gasteiger charge is -2.32. The number of piperidine rings is 1. The van der Waals surface area contributed by atoms with Crippen molar-refractivity contribution >= 4 is 23.7 Å². The van der Waals surface area contributed by atoms with Gasteiger partial charge in [-0.3, -0.25) is 4.79 Å². The van der Waals surface area contributed by atoms with E-state index in [1.165, 1.54) is 5.56 Å². The molecule has 0 radical (unpaired) electrons. The fourth-order valence-electron chi connectivity index (χ4n) is 5.03. The summed E-state index contributed by atoms with van der Waals surface area (Å²) in [5, 5.41) is 14.8. The highest BCUT2D eigenvalue weighted by Gasteiger charge is 2.31. The van der Waals surface area contributed by atoms with Crippen molar-refractivity contribution in [3.63, 3.8) is 0 Å². The van der Waals surface area contributed by atoms with Gasteiger partial charge < -0.3 is 25.2 Å². The minimum Gasteiger partial charge on any atom is -0.444 e. The zero-order chi connectivity index (χ0) is 28.2. The van der Waals surface area contributed by atoms with Crippen LogP contribution in [0.15, 0.2) is 42.5 Å². The van der Waals surface area contributed by atoms with Gasteiger partial charge in [0.15, 0.2) is 0 Å². The van der Waals surface area contributed by atoms with Crippen LogP contribution in [0.2, 0.25) is 0 Å². The van der Waals surface area contributed by atoms with Gasteiger partial charge in [-0.05, 0) is 88.3 Å². The van der Waals surface area contributed by atoms with E-state index in [1.54, 1.807) is 17.0 Å². The van der Waals surface area contributed by atoms with Crippen molar-refractivity contribution in [1.29, 1.82) is 5.26 Å². The van der Waals surface area contributed by atoms with Gasteiger partial charge in [0.2, 0.25) is 0 Å². The molecule has 2 N–H and O–H groups in total. The van der Waals surface area contributed by atoms with Crippen molar-refractivity contribution in [1.82, 2.24) is 15.1 Å². The maximum atomic E-state index is 13.3.